The Morgan fingerprint density at radius 3 is 2.50 bits per heavy atom. The van der Waals surface area contributed by atoms with E-state index in [0.717, 1.165) is 6.54 Å². The van der Waals surface area contributed by atoms with E-state index in [1.54, 1.807) is 0 Å². The van der Waals surface area contributed by atoms with Crippen molar-refractivity contribution in [3.8, 4) is 0 Å². The Bertz CT molecular complexity index is 299. The lowest BCUT2D eigenvalue weighted by atomic mass is 9.68. The number of guanidine groups is 1. The summed E-state index contributed by atoms with van der Waals surface area (Å²) in [5.41, 5.74) is 0.690. The Kier molecular flexibility index (Phi) is 3.39. The lowest BCUT2D eigenvalue weighted by Gasteiger charge is -2.38. The van der Waals surface area contributed by atoms with Gasteiger partial charge in [0.1, 0.15) is 0 Å². The summed E-state index contributed by atoms with van der Waals surface area (Å²) in [6.07, 6.45) is 5.76. The van der Waals surface area contributed by atoms with E-state index in [-0.39, 0.29) is 24.0 Å². The fourth-order valence-corrected chi connectivity index (χ4v) is 3.33. The molecule has 0 amide bonds. The van der Waals surface area contributed by atoms with Gasteiger partial charge in [0.2, 0.25) is 0 Å². The number of hydrogen-bond donors (Lipinski definition) is 0. The molecule has 0 N–H and O–H groups in total. The molecule has 3 rings (SSSR count). The SMILES string of the molecule is CC1CN(C)C(N2CCC3(CCC3)C2)=N1.I. The Labute approximate surface area is 115 Å². The van der Waals surface area contributed by atoms with Crippen LogP contribution in [0.3, 0.4) is 0 Å². The Balaban J connectivity index is 0.000000963. The summed E-state index contributed by atoms with van der Waals surface area (Å²) in [7, 11) is 2.17. The molecule has 4 heteroatoms. The van der Waals surface area contributed by atoms with Gasteiger partial charge in [-0.05, 0) is 31.6 Å². The predicted octanol–water partition coefficient (Wildman–Crippen LogP) is 2.17. The maximum atomic E-state index is 4.74. The highest BCUT2D eigenvalue weighted by molar-refractivity contribution is 14.0. The molecule has 2 fully saturated rings. The fourth-order valence-electron chi connectivity index (χ4n) is 3.33. The highest BCUT2D eigenvalue weighted by Gasteiger charge is 2.44. The van der Waals surface area contributed by atoms with Crippen molar-refractivity contribution in [3.63, 3.8) is 0 Å². The van der Waals surface area contributed by atoms with Crippen molar-refractivity contribution in [2.24, 2.45) is 10.4 Å². The van der Waals surface area contributed by atoms with Crippen molar-refractivity contribution >= 4 is 29.9 Å². The normalized spacial score (nSPS) is 31.4. The van der Waals surface area contributed by atoms with E-state index < -0.39 is 0 Å². The third-order valence-corrected chi connectivity index (χ3v) is 4.35. The van der Waals surface area contributed by atoms with Gasteiger partial charge in [-0.3, -0.25) is 0 Å². The topological polar surface area (TPSA) is 18.8 Å². The molecule has 3 aliphatic rings. The molecule has 2 aliphatic heterocycles. The Morgan fingerprint density at radius 1 is 1.31 bits per heavy atom. The molecule has 0 radical (unpaired) electrons. The van der Waals surface area contributed by atoms with Gasteiger partial charge in [0.25, 0.3) is 0 Å². The molecule has 1 unspecified atom stereocenters. The summed E-state index contributed by atoms with van der Waals surface area (Å²) in [6.45, 7) is 5.80. The van der Waals surface area contributed by atoms with Gasteiger partial charge in [-0.1, -0.05) is 6.42 Å². The monoisotopic (exact) mass is 335 g/mol. The molecule has 16 heavy (non-hydrogen) atoms. The van der Waals surface area contributed by atoms with E-state index in [0.29, 0.717) is 11.5 Å². The molecule has 0 aromatic heterocycles. The minimum Gasteiger partial charge on any atom is -0.344 e. The van der Waals surface area contributed by atoms with Gasteiger partial charge in [-0.25, -0.2) is 4.99 Å². The number of likely N-dealkylation sites (N-methyl/N-ethyl adjacent to an activating group) is 1. The molecule has 1 atom stereocenters. The first kappa shape index (κ1) is 12.5. The summed E-state index contributed by atoms with van der Waals surface area (Å²) < 4.78 is 0. The lowest BCUT2D eigenvalue weighted by Crippen LogP contribution is -2.41. The molecule has 1 saturated heterocycles. The average Bonchev–Trinajstić information content (AvgIpc) is 2.68. The van der Waals surface area contributed by atoms with Gasteiger partial charge in [0.15, 0.2) is 5.96 Å². The van der Waals surface area contributed by atoms with E-state index in [2.05, 4.69) is 23.8 Å². The summed E-state index contributed by atoms with van der Waals surface area (Å²) in [4.78, 5) is 9.58. The number of halogens is 1. The Hall–Kier alpha value is 0. The maximum absolute atomic E-state index is 4.74. The third-order valence-electron chi connectivity index (χ3n) is 4.35. The first-order chi connectivity index (χ1) is 7.19. The van der Waals surface area contributed by atoms with Crippen molar-refractivity contribution in [1.29, 1.82) is 0 Å². The van der Waals surface area contributed by atoms with E-state index >= 15 is 0 Å². The summed E-state index contributed by atoms with van der Waals surface area (Å²) in [5.74, 6) is 1.26. The third kappa shape index (κ3) is 1.93. The summed E-state index contributed by atoms with van der Waals surface area (Å²) >= 11 is 0. The van der Waals surface area contributed by atoms with Crippen LogP contribution in [0.15, 0.2) is 4.99 Å². The Morgan fingerprint density at radius 2 is 2.06 bits per heavy atom. The van der Waals surface area contributed by atoms with Gasteiger partial charge in [-0.2, -0.15) is 0 Å². The minimum absolute atomic E-state index is 0. The second kappa shape index (κ2) is 4.35. The summed E-state index contributed by atoms with van der Waals surface area (Å²) in [5, 5.41) is 0. The van der Waals surface area contributed by atoms with Crippen LogP contribution < -0.4 is 0 Å². The average molecular weight is 335 g/mol. The van der Waals surface area contributed by atoms with Crippen molar-refractivity contribution in [3.05, 3.63) is 0 Å². The van der Waals surface area contributed by atoms with Crippen molar-refractivity contribution in [1.82, 2.24) is 9.80 Å². The van der Waals surface area contributed by atoms with Gasteiger partial charge in [0.05, 0.1) is 6.04 Å². The van der Waals surface area contributed by atoms with Gasteiger partial charge in [-0.15, -0.1) is 24.0 Å². The first-order valence-corrected chi connectivity index (χ1v) is 6.22. The highest BCUT2D eigenvalue weighted by atomic mass is 127. The molecule has 2 heterocycles. The molecule has 0 aromatic rings. The largest absolute Gasteiger partial charge is 0.344 e. The van der Waals surface area contributed by atoms with Crippen LogP contribution in [0.25, 0.3) is 0 Å². The van der Waals surface area contributed by atoms with Crippen LogP contribution in [0.1, 0.15) is 32.6 Å². The van der Waals surface area contributed by atoms with Crippen LogP contribution in [0.2, 0.25) is 0 Å². The van der Waals surface area contributed by atoms with E-state index in [1.165, 1.54) is 44.7 Å². The van der Waals surface area contributed by atoms with Crippen LogP contribution in [0.5, 0.6) is 0 Å². The fraction of sp³-hybridized carbons (Fsp3) is 0.917. The smallest absolute Gasteiger partial charge is 0.196 e. The zero-order chi connectivity index (χ0) is 10.5. The standard InChI is InChI=1S/C12H21N3.HI/c1-10-8-14(2)11(13-10)15-7-6-12(9-15)4-3-5-12;/h10H,3-9H2,1-2H3;1H. The number of nitrogens with zero attached hydrogens (tertiary/aromatic N) is 3. The van der Waals surface area contributed by atoms with Crippen LogP contribution in [-0.4, -0.2) is 48.5 Å². The minimum atomic E-state index is 0. The van der Waals surface area contributed by atoms with Crippen molar-refractivity contribution in [2.75, 3.05) is 26.7 Å². The summed E-state index contributed by atoms with van der Waals surface area (Å²) in [6, 6.07) is 0.489. The van der Waals surface area contributed by atoms with Gasteiger partial charge in [0, 0.05) is 26.7 Å². The predicted molar refractivity (Wildman–Crippen MR) is 77.4 cm³/mol. The van der Waals surface area contributed by atoms with Gasteiger partial charge >= 0.3 is 0 Å². The van der Waals surface area contributed by atoms with Crippen LogP contribution in [0, 0.1) is 5.41 Å². The van der Waals surface area contributed by atoms with Crippen molar-refractivity contribution < 1.29 is 0 Å². The zero-order valence-electron chi connectivity index (χ0n) is 10.3. The molecule has 1 spiro atoms. The van der Waals surface area contributed by atoms with Gasteiger partial charge < -0.3 is 9.80 Å². The van der Waals surface area contributed by atoms with Crippen LogP contribution >= 0.6 is 24.0 Å². The highest BCUT2D eigenvalue weighted by Crippen LogP contribution is 2.48. The lowest BCUT2D eigenvalue weighted by molar-refractivity contribution is 0.150. The quantitative estimate of drug-likeness (QED) is 0.632. The molecule has 0 bridgehead atoms. The molecular formula is C12H22IN3. The van der Waals surface area contributed by atoms with Crippen molar-refractivity contribution in [2.45, 2.75) is 38.6 Å². The molecular weight excluding hydrogens is 313 g/mol. The van der Waals surface area contributed by atoms with Crippen LogP contribution in [0.4, 0.5) is 0 Å². The van der Waals surface area contributed by atoms with E-state index in [1.807, 2.05) is 0 Å². The second-order valence-electron chi connectivity index (χ2n) is 5.68. The number of likely N-dealkylation sites (tertiary alicyclic amines) is 1. The number of rotatable bonds is 0. The van der Waals surface area contributed by atoms with E-state index in [4.69, 9.17) is 4.99 Å². The maximum Gasteiger partial charge on any atom is 0.196 e. The molecule has 1 saturated carbocycles. The number of hydrogen-bond acceptors (Lipinski definition) is 3. The molecule has 92 valence electrons. The first-order valence-electron chi connectivity index (χ1n) is 6.22. The van der Waals surface area contributed by atoms with E-state index in [9.17, 15) is 0 Å². The number of aliphatic imine (C=N–C) groups is 1. The second-order valence-corrected chi connectivity index (χ2v) is 5.68. The molecule has 3 nitrogen and oxygen atoms in total. The van der Waals surface area contributed by atoms with Crippen LogP contribution in [-0.2, 0) is 0 Å². The molecule has 0 aromatic carbocycles. The zero-order valence-corrected chi connectivity index (χ0v) is 12.6. The molecule has 1 aliphatic carbocycles.